The number of amides is 1. The van der Waals surface area contributed by atoms with Crippen LogP contribution >= 0.6 is 11.3 Å². The van der Waals surface area contributed by atoms with Crippen LogP contribution in [0, 0.1) is 5.82 Å². The Morgan fingerprint density at radius 3 is 2.64 bits per heavy atom. The first-order chi connectivity index (χ1) is 12.2. The number of ether oxygens (including phenoxy) is 1. The molecule has 0 aliphatic carbocycles. The van der Waals surface area contributed by atoms with Crippen LogP contribution in [0.4, 0.5) is 4.39 Å². The van der Waals surface area contributed by atoms with Crippen molar-refractivity contribution in [3.63, 3.8) is 0 Å². The van der Waals surface area contributed by atoms with Gasteiger partial charge in [0.15, 0.2) is 0 Å². The molecule has 3 nitrogen and oxygen atoms in total. The molecule has 0 fully saturated rings. The normalized spacial score (nSPS) is 10.4. The first-order valence-corrected chi connectivity index (χ1v) is 8.88. The van der Waals surface area contributed by atoms with Crippen molar-refractivity contribution >= 4 is 17.2 Å². The molecule has 0 saturated carbocycles. The van der Waals surface area contributed by atoms with Crippen molar-refractivity contribution in [3.8, 4) is 11.5 Å². The summed E-state index contributed by atoms with van der Waals surface area (Å²) in [6, 6.07) is 17.4. The number of aryl methyl sites for hydroxylation is 1. The van der Waals surface area contributed by atoms with Gasteiger partial charge in [-0.15, -0.1) is 11.3 Å². The molecule has 25 heavy (non-hydrogen) atoms. The number of carbonyl (C=O) groups is 1. The van der Waals surface area contributed by atoms with Crippen molar-refractivity contribution in [2.45, 2.75) is 19.4 Å². The fourth-order valence-electron chi connectivity index (χ4n) is 2.35. The van der Waals surface area contributed by atoms with Gasteiger partial charge in [-0.1, -0.05) is 18.2 Å². The molecule has 0 radical (unpaired) electrons. The molecule has 1 N–H and O–H groups in total. The van der Waals surface area contributed by atoms with Crippen molar-refractivity contribution in [2.75, 3.05) is 0 Å². The van der Waals surface area contributed by atoms with E-state index in [4.69, 9.17) is 4.74 Å². The number of benzene rings is 2. The molecule has 3 aromatic rings. The van der Waals surface area contributed by atoms with E-state index in [-0.39, 0.29) is 11.7 Å². The maximum atomic E-state index is 12.9. The van der Waals surface area contributed by atoms with Crippen molar-refractivity contribution in [2.24, 2.45) is 0 Å². The highest BCUT2D eigenvalue weighted by molar-refractivity contribution is 7.09. The highest BCUT2D eigenvalue weighted by Crippen LogP contribution is 2.23. The molecule has 0 saturated heterocycles. The Morgan fingerprint density at radius 1 is 1.04 bits per heavy atom. The summed E-state index contributed by atoms with van der Waals surface area (Å²) in [6.45, 7) is 0.574. The van der Waals surface area contributed by atoms with E-state index in [0.29, 0.717) is 30.9 Å². The van der Waals surface area contributed by atoms with E-state index in [1.807, 2.05) is 41.8 Å². The molecule has 1 heterocycles. The summed E-state index contributed by atoms with van der Waals surface area (Å²) in [5.41, 5.74) is 1.02. The number of nitrogens with one attached hydrogen (secondary N) is 1. The molecule has 0 atom stereocenters. The minimum absolute atomic E-state index is 0.0262. The minimum atomic E-state index is -0.297. The molecule has 0 aliphatic heterocycles. The number of halogens is 1. The molecule has 3 rings (SSSR count). The molecule has 1 amide bonds. The van der Waals surface area contributed by atoms with Crippen molar-refractivity contribution in [1.82, 2.24) is 5.32 Å². The Hall–Kier alpha value is -2.66. The number of thiophene rings is 1. The van der Waals surface area contributed by atoms with E-state index in [0.717, 1.165) is 10.4 Å². The quantitative estimate of drug-likeness (QED) is 0.653. The summed E-state index contributed by atoms with van der Waals surface area (Å²) in [4.78, 5) is 13.1. The van der Waals surface area contributed by atoms with Crippen LogP contribution in [0.5, 0.6) is 11.5 Å². The Morgan fingerprint density at radius 2 is 1.88 bits per heavy atom. The topological polar surface area (TPSA) is 38.3 Å². The van der Waals surface area contributed by atoms with Crippen molar-refractivity contribution < 1.29 is 13.9 Å². The summed E-state index contributed by atoms with van der Waals surface area (Å²) in [5, 5.41) is 4.91. The van der Waals surface area contributed by atoms with Crippen LogP contribution in [0.15, 0.2) is 66.0 Å². The summed E-state index contributed by atoms with van der Waals surface area (Å²) < 4.78 is 18.6. The van der Waals surface area contributed by atoms with Crippen LogP contribution < -0.4 is 10.1 Å². The lowest BCUT2D eigenvalue weighted by Gasteiger charge is -2.08. The van der Waals surface area contributed by atoms with E-state index in [1.165, 1.54) is 12.1 Å². The SMILES string of the molecule is O=C(CCc1cccc(Oc2ccc(F)cc2)c1)NCc1cccs1. The number of hydrogen-bond donors (Lipinski definition) is 1. The lowest BCUT2D eigenvalue weighted by atomic mass is 10.1. The zero-order valence-corrected chi connectivity index (χ0v) is 14.4. The first kappa shape index (κ1) is 17.2. The fourth-order valence-corrected chi connectivity index (χ4v) is 2.99. The maximum Gasteiger partial charge on any atom is 0.220 e. The van der Waals surface area contributed by atoms with Crippen LogP contribution in [0.25, 0.3) is 0 Å². The number of rotatable bonds is 7. The first-order valence-electron chi connectivity index (χ1n) is 8.00. The van der Waals surface area contributed by atoms with Gasteiger partial charge in [0.25, 0.3) is 0 Å². The van der Waals surface area contributed by atoms with Crippen LogP contribution in [0.1, 0.15) is 16.9 Å². The van der Waals surface area contributed by atoms with Gasteiger partial charge in [0.2, 0.25) is 5.91 Å². The molecule has 0 spiro atoms. The third kappa shape index (κ3) is 5.43. The smallest absolute Gasteiger partial charge is 0.220 e. The summed E-state index contributed by atoms with van der Waals surface area (Å²) in [6.07, 6.45) is 1.06. The molecule has 0 bridgehead atoms. The fraction of sp³-hybridized carbons (Fsp3) is 0.150. The Labute approximate surface area is 150 Å². The summed E-state index contributed by atoms with van der Waals surface area (Å²) in [5.74, 6) is 0.975. The van der Waals surface area contributed by atoms with Gasteiger partial charge in [-0.25, -0.2) is 4.39 Å². The third-order valence-corrected chi connectivity index (χ3v) is 4.50. The monoisotopic (exact) mass is 355 g/mol. The lowest BCUT2D eigenvalue weighted by Crippen LogP contribution is -2.22. The summed E-state index contributed by atoms with van der Waals surface area (Å²) >= 11 is 1.63. The van der Waals surface area contributed by atoms with Gasteiger partial charge in [0, 0.05) is 11.3 Å². The predicted octanol–water partition coefficient (Wildman–Crippen LogP) is 4.93. The van der Waals surface area contributed by atoms with Crippen LogP contribution in [0.2, 0.25) is 0 Å². The van der Waals surface area contributed by atoms with Crippen LogP contribution in [-0.2, 0) is 17.8 Å². The van der Waals surface area contributed by atoms with Crippen molar-refractivity contribution in [1.29, 1.82) is 0 Å². The van der Waals surface area contributed by atoms with Gasteiger partial charge >= 0.3 is 0 Å². The highest BCUT2D eigenvalue weighted by atomic mass is 32.1. The second kappa shape index (κ2) is 8.44. The minimum Gasteiger partial charge on any atom is -0.457 e. The number of hydrogen-bond acceptors (Lipinski definition) is 3. The second-order valence-corrected chi connectivity index (χ2v) is 6.59. The number of carbonyl (C=O) groups excluding carboxylic acids is 1. The third-order valence-electron chi connectivity index (χ3n) is 3.63. The van der Waals surface area contributed by atoms with E-state index < -0.39 is 0 Å². The van der Waals surface area contributed by atoms with Gasteiger partial charge in [-0.05, 0) is 59.8 Å². The van der Waals surface area contributed by atoms with Gasteiger partial charge < -0.3 is 10.1 Å². The largest absolute Gasteiger partial charge is 0.457 e. The van der Waals surface area contributed by atoms with Gasteiger partial charge in [0.1, 0.15) is 17.3 Å². The zero-order valence-electron chi connectivity index (χ0n) is 13.6. The Kier molecular flexibility index (Phi) is 5.80. The van der Waals surface area contributed by atoms with E-state index >= 15 is 0 Å². The molecule has 0 aliphatic rings. The Bertz CT molecular complexity index is 816. The molecular formula is C20H18FNO2S. The van der Waals surface area contributed by atoms with Gasteiger partial charge in [-0.3, -0.25) is 4.79 Å². The molecule has 0 unspecified atom stereocenters. The lowest BCUT2D eigenvalue weighted by molar-refractivity contribution is -0.121. The van der Waals surface area contributed by atoms with E-state index in [9.17, 15) is 9.18 Å². The average Bonchev–Trinajstić information content (AvgIpc) is 3.14. The standard InChI is InChI=1S/C20H18FNO2S/c21-16-7-9-17(10-8-16)24-18-4-1-3-15(13-18)6-11-20(23)22-14-19-5-2-12-25-19/h1-5,7-10,12-13H,6,11,14H2,(H,22,23). The predicted molar refractivity (Wildman–Crippen MR) is 97.4 cm³/mol. The molecule has 128 valence electrons. The van der Waals surface area contributed by atoms with Gasteiger partial charge in [0.05, 0.1) is 6.54 Å². The van der Waals surface area contributed by atoms with Gasteiger partial charge in [-0.2, -0.15) is 0 Å². The molecule has 5 heteroatoms. The maximum absolute atomic E-state index is 12.9. The van der Waals surface area contributed by atoms with Crippen molar-refractivity contribution in [3.05, 3.63) is 82.3 Å². The van der Waals surface area contributed by atoms with E-state index in [1.54, 1.807) is 23.5 Å². The summed E-state index contributed by atoms with van der Waals surface area (Å²) in [7, 11) is 0. The van der Waals surface area contributed by atoms with Crippen LogP contribution in [0.3, 0.4) is 0 Å². The Balaban J connectivity index is 1.51. The molecule has 1 aromatic heterocycles. The van der Waals surface area contributed by atoms with E-state index in [2.05, 4.69) is 5.32 Å². The van der Waals surface area contributed by atoms with Crippen LogP contribution in [-0.4, -0.2) is 5.91 Å². The average molecular weight is 355 g/mol. The highest BCUT2D eigenvalue weighted by Gasteiger charge is 2.05. The second-order valence-electron chi connectivity index (χ2n) is 5.56. The molecular weight excluding hydrogens is 337 g/mol. The zero-order chi connectivity index (χ0) is 17.5. The molecule has 2 aromatic carbocycles.